The number of amides is 1. The standard InChI is InChI=1S/C25H28N2O5/c1-15-13-18-14-17(7-10-20(18)32-15)23(28)21-22(16-5-8-19(9-6-16)26(2)3)27(11-12-31-4)25(30)24(21)29/h5-10,14-15,22,28H,11-13H2,1-4H3/b23-21+. The predicted octanol–water partition coefficient (Wildman–Crippen LogP) is 0.656. The van der Waals surface area contributed by atoms with Crippen molar-refractivity contribution in [1.29, 1.82) is 0 Å². The first-order valence-corrected chi connectivity index (χ1v) is 10.8. The van der Waals surface area contributed by atoms with Gasteiger partial charge >= 0.3 is 0 Å². The van der Waals surface area contributed by atoms with Gasteiger partial charge in [-0.1, -0.05) is 24.0 Å². The third kappa shape index (κ3) is 3.89. The lowest BCUT2D eigenvalue weighted by atomic mass is 9.94. The number of nitrogens with zero attached hydrogens (tertiary/aromatic N) is 1. The van der Waals surface area contributed by atoms with Crippen LogP contribution in [0.4, 0.5) is 5.69 Å². The Morgan fingerprint density at radius 1 is 1.19 bits per heavy atom. The van der Waals surface area contributed by atoms with Gasteiger partial charge in [-0.3, -0.25) is 9.59 Å². The predicted molar refractivity (Wildman–Crippen MR) is 117 cm³/mol. The summed E-state index contributed by atoms with van der Waals surface area (Å²) in [6.07, 6.45) is 0.753. The fourth-order valence-electron chi connectivity index (χ4n) is 4.35. The SMILES string of the molecule is COCCN1C(=O)C(=O)/C(=C(/[O-])c2ccc3c(c2)CC(C)O3)C1c1ccc([NH+](C)C)cc1. The number of ether oxygens (including phenoxy) is 2. The first kappa shape index (κ1) is 22.0. The van der Waals surface area contributed by atoms with Crippen molar-refractivity contribution in [3.05, 3.63) is 64.7 Å². The highest BCUT2D eigenvalue weighted by Gasteiger charge is 2.44. The second-order valence-electron chi connectivity index (χ2n) is 8.54. The summed E-state index contributed by atoms with van der Waals surface area (Å²) in [5.41, 5.74) is 3.11. The summed E-state index contributed by atoms with van der Waals surface area (Å²) >= 11 is 0. The van der Waals surface area contributed by atoms with Crippen LogP contribution in [-0.4, -0.2) is 57.1 Å². The van der Waals surface area contributed by atoms with Gasteiger partial charge in [-0.05, 0) is 47.9 Å². The number of ketones is 1. The molecule has 2 aliphatic rings. The van der Waals surface area contributed by atoms with E-state index in [2.05, 4.69) is 0 Å². The minimum atomic E-state index is -0.747. The summed E-state index contributed by atoms with van der Waals surface area (Å²) in [5.74, 6) is -1.08. The molecule has 7 nitrogen and oxygen atoms in total. The minimum absolute atomic E-state index is 0.0111. The highest BCUT2D eigenvalue weighted by molar-refractivity contribution is 6.46. The molecule has 0 bridgehead atoms. The number of quaternary nitrogens is 1. The lowest BCUT2D eigenvalue weighted by molar-refractivity contribution is -0.786. The summed E-state index contributed by atoms with van der Waals surface area (Å²) in [5, 5.41) is 13.5. The first-order chi connectivity index (χ1) is 15.3. The quantitative estimate of drug-likeness (QED) is 0.409. The van der Waals surface area contributed by atoms with Crippen LogP contribution in [0.5, 0.6) is 5.75 Å². The van der Waals surface area contributed by atoms with E-state index < -0.39 is 23.5 Å². The number of rotatable bonds is 6. The van der Waals surface area contributed by atoms with E-state index in [1.54, 1.807) is 18.2 Å². The van der Waals surface area contributed by atoms with Crippen LogP contribution in [0.2, 0.25) is 0 Å². The Morgan fingerprint density at radius 3 is 2.56 bits per heavy atom. The van der Waals surface area contributed by atoms with E-state index in [1.807, 2.05) is 45.3 Å². The largest absolute Gasteiger partial charge is 0.872 e. The lowest BCUT2D eigenvalue weighted by Crippen LogP contribution is -3.00. The molecular weight excluding hydrogens is 408 g/mol. The molecular formula is C25H28N2O5. The number of hydrogen-bond donors (Lipinski definition) is 1. The molecule has 0 saturated carbocycles. The maximum Gasteiger partial charge on any atom is 0.295 e. The van der Waals surface area contributed by atoms with Crippen LogP contribution in [0, 0.1) is 0 Å². The highest BCUT2D eigenvalue weighted by atomic mass is 16.5. The van der Waals surface area contributed by atoms with Gasteiger partial charge in [0.1, 0.15) is 17.5 Å². The van der Waals surface area contributed by atoms with Crippen molar-refractivity contribution in [2.45, 2.75) is 25.5 Å². The molecule has 1 amide bonds. The van der Waals surface area contributed by atoms with Crippen molar-refractivity contribution in [1.82, 2.24) is 4.90 Å². The molecule has 168 valence electrons. The van der Waals surface area contributed by atoms with Gasteiger partial charge in [-0.15, -0.1) is 0 Å². The van der Waals surface area contributed by atoms with Gasteiger partial charge in [-0.2, -0.15) is 0 Å². The number of hydrogen-bond acceptors (Lipinski definition) is 5. The van der Waals surface area contributed by atoms with Crippen LogP contribution in [0.25, 0.3) is 5.76 Å². The summed E-state index contributed by atoms with van der Waals surface area (Å²) in [6.45, 7) is 2.46. The fourth-order valence-corrected chi connectivity index (χ4v) is 4.35. The summed E-state index contributed by atoms with van der Waals surface area (Å²) in [4.78, 5) is 28.5. The molecule has 2 aliphatic heterocycles. The Kier molecular flexibility index (Phi) is 6.04. The Labute approximate surface area is 187 Å². The zero-order valence-corrected chi connectivity index (χ0v) is 18.8. The molecule has 32 heavy (non-hydrogen) atoms. The Morgan fingerprint density at radius 2 is 1.91 bits per heavy atom. The third-order valence-electron chi connectivity index (χ3n) is 6.03. The monoisotopic (exact) mass is 436 g/mol. The maximum atomic E-state index is 13.5. The molecule has 2 aromatic carbocycles. The number of benzene rings is 2. The van der Waals surface area contributed by atoms with Crippen LogP contribution < -0.4 is 14.7 Å². The van der Waals surface area contributed by atoms with Crippen molar-refractivity contribution >= 4 is 23.1 Å². The number of likely N-dealkylation sites (tertiary alicyclic amines) is 1. The number of Topliss-reactive ketones (excluding diaryl/α,β-unsaturated/α-hetero) is 1. The zero-order chi connectivity index (χ0) is 23.0. The molecule has 4 rings (SSSR count). The van der Waals surface area contributed by atoms with Crippen LogP contribution >= 0.6 is 0 Å². The van der Waals surface area contributed by atoms with Gasteiger partial charge in [0.05, 0.1) is 26.7 Å². The number of methoxy groups -OCH3 is 1. The molecule has 1 N–H and O–H groups in total. The Bertz CT molecular complexity index is 1070. The summed E-state index contributed by atoms with van der Waals surface area (Å²) in [6, 6.07) is 12.1. The van der Waals surface area contributed by atoms with E-state index in [-0.39, 0.29) is 24.8 Å². The minimum Gasteiger partial charge on any atom is -0.872 e. The van der Waals surface area contributed by atoms with Gasteiger partial charge in [0.25, 0.3) is 5.91 Å². The molecule has 1 fully saturated rings. The molecule has 1 saturated heterocycles. The van der Waals surface area contributed by atoms with Gasteiger partial charge in [0, 0.05) is 25.6 Å². The smallest absolute Gasteiger partial charge is 0.295 e. The number of carbonyl (C=O) groups excluding carboxylic acids is 2. The number of fused-ring (bicyclic) bond motifs is 1. The normalized spacial score (nSPS) is 21.8. The van der Waals surface area contributed by atoms with E-state index in [1.165, 1.54) is 12.0 Å². The van der Waals surface area contributed by atoms with Crippen molar-refractivity contribution in [2.24, 2.45) is 0 Å². The van der Waals surface area contributed by atoms with Crippen LogP contribution in [-0.2, 0) is 20.7 Å². The second-order valence-corrected chi connectivity index (χ2v) is 8.54. The molecule has 2 atom stereocenters. The molecule has 7 heteroatoms. The molecule has 0 radical (unpaired) electrons. The molecule has 0 aliphatic carbocycles. The lowest BCUT2D eigenvalue weighted by Gasteiger charge is -2.27. The molecule has 2 aromatic rings. The number of nitrogens with one attached hydrogen (secondary N) is 1. The fraction of sp³-hybridized carbons (Fsp3) is 0.360. The van der Waals surface area contributed by atoms with Gasteiger partial charge in [-0.25, -0.2) is 0 Å². The van der Waals surface area contributed by atoms with Gasteiger partial charge < -0.3 is 24.4 Å². The van der Waals surface area contributed by atoms with Gasteiger partial charge in [0.15, 0.2) is 0 Å². The van der Waals surface area contributed by atoms with E-state index >= 15 is 0 Å². The summed E-state index contributed by atoms with van der Waals surface area (Å²) in [7, 11) is 5.57. The van der Waals surface area contributed by atoms with E-state index in [9.17, 15) is 14.7 Å². The van der Waals surface area contributed by atoms with E-state index in [0.717, 1.165) is 27.5 Å². The molecule has 2 heterocycles. The van der Waals surface area contributed by atoms with Crippen LogP contribution in [0.15, 0.2) is 48.0 Å². The zero-order valence-electron chi connectivity index (χ0n) is 18.8. The summed E-state index contributed by atoms with van der Waals surface area (Å²) < 4.78 is 10.9. The van der Waals surface area contributed by atoms with Crippen LogP contribution in [0.3, 0.4) is 0 Å². The van der Waals surface area contributed by atoms with Crippen molar-refractivity contribution in [3.63, 3.8) is 0 Å². The van der Waals surface area contributed by atoms with Crippen molar-refractivity contribution < 1.29 is 29.1 Å². The maximum absolute atomic E-state index is 13.5. The van der Waals surface area contributed by atoms with E-state index in [4.69, 9.17) is 9.47 Å². The molecule has 0 aromatic heterocycles. The van der Waals surface area contributed by atoms with E-state index in [0.29, 0.717) is 12.0 Å². The van der Waals surface area contributed by atoms with Gasteiger partial charge in [0.2, 0.25) is 5.78 Å². The van der Waals surface area contributed by atoms with Crippen LogP contribution in [0.1, 0.15) is 29.7 Å². The van der Waals surface area contributed by atoms with Crippen molar-refractivity contribution in [3.8, 4) is 5.75 Å². The molecule has 2 unspecified atom stereocenters. The number of carbonyl (C=O) groups is 2. The topological polar surface area (TPSA) is 83.3 Å². The average Bonchev–Trinajstić information content (AvgIpc) is 3.27. The third-order valence-corrected chi connectivity index (χ3v) is 6.03. The Balaban J connectivity index is 1.81. The second kappa shape index (κ2) is 8.76. The Hall–Kier alpha value is -3.16. The first-order valence-electron chi connectivity index (χ1n) is 10.8. The highest BCUT2D eigenvalue weighted by Crippen LogP contribution is 2.39. The molecule has 0 spiro atoms. The average molecular weight is 437 g/mol. The van der Waals surface area contributed by atoms with Crippen molar-refractivity contribution in [2.75, 3.05) is 34.4 Å².